The maximum atomic E-state index is 13.0. The van der Waals surface area contributed by atoms with Crippen molar-refractivity contribution in [3.8, 4) is 17.1 Å². The molecule has 4 aromatic rings. The summed E-state index contributed by atoms with van der Waals surface area (Å²) in [7, 11) is 5.73. The lowest BCUT2D eigenvalue weighted by Gasteiger charge is -2.24. The number of hydrogen-bond acceptors (Lipinski definition) is 7. The van der Waals surface area contributed by atoms with Crippen LogP contribution in [-0.4, -0.2) is 70.6 Å². The SMILES string of the molecule is Cc1nn(C)c2c1-c1cc3c(nn(C)c3cn1)/C=C/c1c(n([C@@H](C)CO)[nH]c1=O)CN(C)C[C@H](C)O2. The largest absolute Gasteiger partial charge is 0.473 e. The number of rotatable bonds is 2. The summed E-state index contributed by atoms with van der Waals surface area (Å²) in [5.74, 6) is 0.657. The summed E-state index contributed by atoms with van der Waals surface area (Å²) in [6, 6.07) is 1.72. The van der Waals surface area contributed by atoms with Gasteiger partial charge in [-0.15, -0.1) is 0 Å². The normalized spacial score (nSPS) is 18.4. The second-order valence-electron chi connectivity index (χ2n) is 9.65. The molecule has 4 aromatic heterocycles. The first-order valence-electron chi connectivity index (χ1n) is 12.0. The van der Waals surface area contributed by atoms with Gasteiger partial charge in [-0.3, -0.25) is 29.1 Å². The molecule has 0 amide bonds. The highest BCUT2D eigenvalue weighted by atomic mass is 16.5. The van der Waals surface area contributed by atoms with Gasteiger partial charge in [-0.2, -0.15) is 10.2 Å². The van der Waals surface area contributed by atoms with Crippen LogP contribution in [0.2, 0.25) is 0 Å². The predicted octanol–water partition coefficient (Wildman–Crippen LogP) is 2.10. The van der Waals surface area contributed by atoms with Gasteiger partial charge < -0.3 is 9.84 Å². The number of aryl methyl sites for hydroxylation is 3. The lowest BCUT2D eigenvalue weighted by Crippen LogP contribution is -2.32. The van der Waals surface area contributed by atoms with E-state index in [1.807, 2.05) is 60.1 Å². The molecule has 2 atom stereocenters. The Hall–Kier alpha value is -3.70. The number of aromatic amines is 1. The van der Waals surface area contributed by atoms with Crippen LogP contribution in [0.5, 0.6) is 5.88 Å². The molecule has 5 rings (SSSR count). The number of aliphatic hydroxyl groups excluding tert-OH is 1. The molecule has 5 heterocycles. The molecule has 11 heteroatoms. The molecule has 0 fully saturated rings. The molecule has 1 aliphatic heterocycles. The number of aliphatic hydroxyl groups is 1. The molecular weight excluding hydrogens is 460 g/mol. The van der Waals surface area contributed by atoms with Gasteiger partial charge in [0.25, 0.3) is 5.56 Å². The molecule has 0 radical (unpaired) electrons. The summed E-state index contributed by atoms with van der Waals surface area (Å²) in [6.07, 6.45) is 5.31. The van der Waals surface area contributed by atoms with Crippen LogP contribution in [-0.2, 0) is 20.6 Å². The maximum absolute atomic E-state index is 13.0. The zero-order valence-corrected chi connectivity index (χ0v) is 21.5. The van der Waals surface area contributed by atoms with Gasteiger partial charge in [-0.25, -0.2) is 4.68 Å². The Balaban J connectivity index is 1.74. The molecule has 190 valence electrons. The van der Waals surface area contributed by atoms with Crippen LogP contribution >= 0.6 is 0 Å². The van der Waals surface area contributed by atoms with E-state index in [1.54, 1.807) is 20.2 Å². The fourth-order valence-electron chi connectivity index (χ4n) is 4.95. The minimum Gasteiger partial charge on any atom is -0.473 e. The van der Waals surface area contributed by atoms with Gasteiger partial charge in [0, 0.05) is 32.6 Å². The van der Waals surface area contributed by atoms with E-state index in [4.69, 9.17) is 9.72 Å². The maximum Gasteiger partial charge on any atom is 0.271 e. The van der Waals surface area contributed by atoms with Crippen LogP contribution in [0.4, 0.5) is 0 Å². The first-order valence-corrected chi connectivity index (χ1v) is 12.0. The third-order valence-electron chi connectivity index (χ3n) is 6.67. The van der Waals surface area contributed by atoms with Gasteiger partial charge in [-0.1, -0.05) is 0 Å². The average molecular weight is 493 g/mol. The Kier molecular flexibility index (Phi) is 6.05. The summed E-state index contributed by atoms with van der Waals surface area (Å²) in [6.45, 7) is 6.84. The van der Waals surface area contributed by atoms with E-state index >= 15 is 0 Å². The van der Waals surface area contributed by atoms with Gasteiger partial charge in [0.05, 0.1) is 58.3 Å². The lowest BCUT2D eigenvalue weighted by atomic mass is 10.1. The fraction of sp³-hybridized carbons (Fsp3) is 0.440. The Morgan fingerprint density at radius 3 is 2.75 bits per heavy atom. The number of likely N-dealkylation sites (N-methyl/N-ethyl adjacent to an activating group) is 1. The molecule has 1 aliphatic rings. The zero-order chi connectivity index (χ0) is 25.7. The minimum absolute atomic E-state index is 0.0900. The van der Waals surface area contributed by atoms with Crippen molar-refractivity contribution in [3.63, 3.8) is 0 Å². The minimum atomic E-state index is -0.275. The summed E-state index contributed by atoms with van der Waals surface area (Å²) in [5.41, 5.74) is 5.17. The van der Waals surface area contributed by atoms with Crippen LogP contribution in [0, 0.1) is 6.92 Å². The number of fused-ring (bicyclic) bond motifs is 4. The number of nitrogens with one attached hydrogen (secondary N) is 1. The van der Waals surface area contributed by atoms with Crippen molar-refractivity contribution in [1.29, 1.82) is 0 Å². The summed E-state index contributed by atoms with van der Waals surface area (Å²) >= 11 is 0. The van der Waals surface area contributed by atoms with Crippen LogP contribution < -0.4 is 10.3 Å². The molecular formula is C25H32N8O3. The first kappa shape index (κ1) is 24.0. The summed E-state index contributed by atoms with van der Waals surface area (Å²) in [5, 5.41) is 22.9. The number of ether oxygens (including phenoxy) is 1. The third kappa shape index (κ3) is 4.03. The van der Waals surface area contributed by atoms with Crippen LogP contribution in [0.1, 0.15) is 42.5 Å². The summed E-state index contributed by atoms with van der Waals surface area (Å²) in [4.78, 5) is 19.8. The molecule has 0 saturated carbocycles. The topological polar surface area (TPSA) is 119 Å². The number of pyridine rings is 1. The van der Waals surface area contributed by atoms with E-state index in [0.717, 1.165) is 39.2 Å². The number of hydrogen-bond donors (Lipinski definition) is 2. The van der Waals surface area contributed by atoms with Crippen molar-refractivity contribution in [2.24, 2.45) is 14.1 Å². The van der Waals surface area contributed by atoms with Crippen molar-refractivity contribution in [2.75, 3.05) is 20.2 Å². The number of H-pyrrole nitrogens is 1. The molecule has 0 saturated heterocycles. The highest BCUT2D eigenvalue weighted by Gasteiger charge is 2.24. The van der Waals surface area contributed by atoms with Gasteiger partial charge in [0.1, 0.15) is 6.10 Å². The Morgan fingerprint density at radius 2 is 2.00 bits per heavy atom. The van der Waals surface area contributed by atoms with Crippen molar-refractivity contribution in [2.45, 2.75) is 39.5 Å². The van der Waals surface area contributed by atoms with E-state index in [0.29, 0.717) is 24.5 Å². The average Bonchev–Trinajstić information content (AvgIpc) is 3.41. The molecule has 2 N–H and O–H groups in total. The van der Waals surface area contributed by atoms with E-state index in [-0.39, 0.29) is 24.3 Å². The van der Waals surface area contributed by atoms with E-state index in [2.05, 4.69) is 20.2 Å². The molecule has 0 aliphatic carbocycles. The van der Waals surface area contributed by atoms with E-state index < -0.39 is 0 Å². The quantitative estimate of drug-likeness (QED) is 0.440. The van der Waals surface area contributed by atoms with Gasteiger partial charge in [0.15, 0.2) is 0 Å². The van der Waals surface area contributed by atoms with E-state index in [1.165, 1.54) is 0 Å². The Labute approximate surface area is 208 Å². The highest BCUT2D eigenvalue weighted by Crippen LogP contribution is 2.34. The number of nitrogens with zero attached hydrogens (tertiary/aromatic N) is 7. The summed E-state index contributed by atoms with van der Waals surface area (Å²) < 4.78 is 11.7. The van der Waals surface area contributed by atoms with Crippen molar-refractivity contribution < 1.29 is 9.84 Å². The van der Waals surface area contributed by atoms with E-state index in [9.17, 15) is 9.90 Å². The molecule has 36 heavy (non-hydrogen) atoms. The van der Waals surface area contributed by atoms with Crippen molar-refractivity contribution in [3.05, 3.63) is 45.3 Å². The lowest BCUT2D eigenvalue weighted by molar-refractivity contribution is 0.145. The van der Waals surface area contributed by atoms with Crippen LogP contribution in [0.15, 0.2) is 17.1 Å². The van der Waals surface area contributed by atoms with Gasteiger partial charge >= 0.3 is 0 Å². The third-order valence-corrected chi connectivity index (χ3v) is 6.67. The Bertz CT molecular complexity index is 1520. The zero-order valence-electron chi connectivity index (χ0n) is 21.5. The molecule has 0 spiro atoms. The monoisotopic (exact) mass is 492 g/mol. The Morgan fingerprint density at radius 1 is 1.22 bits per heavy atom. The molecule has 2 bridgehead atoms. The van der Waals surface area contributed by atoms with Crippen LogP contribution in [0.3, 0.4) is 0 Å². The van der Waals surface area contributed by atoms with Crippen molar-refractivity contribution >= 4 is 23.1 Å². The number of aromatic nitrogens is 7. The smallest absolute Gasteiger partial charge is 0.271 e. The fourth-order valence-corrected chi connectivity index (χ4v) is 4.95. The van der Waals surface area contributed by atoms with Crippen molar-refractivity contribution in [1.82, 2.24) is 39.2 Å². The molecule has 11 nitrogen and oxygen atoms in total. The van der Waals surface area contributed by atoms with Gasteiger partial charge in [0.2, 0.25) is 5.88 Å². The highest BCUT2D eigenvalue weighted by molar-refractivity contribution is 5.92. The first-order chi connectivity index (χ1) is 17.2. The second kappa shape index (κ2) is 9.07. The molecule has 0 unspecified atom stereocenters. The predicted molar refractivity (Wildman–Crippen MR) is 138 cm³/mol. The molecule has 0 aromatic carbocycles. The standard InChI is InChI=1S/C25H32N8O3/c1-14(13-34)33-22-12-30(4)11-15(2)36-25-23(16(3)27-32(25)6)20-9-18-19(8-7-17(22)24(35)29-33)28-31(5)21(18)10-26-20/h7-10,14-15,34H,11-13H2,1-6H3,(H,29,35)/b8-7+/t14-,15-/m0/s1. The second-order valence-corrected chi connectivity index (χ2v) is 9.65. The van der Waals surface area contributed by atoms with Gasteiger partial charge in [-0.05, 0) is 46.0 Å². The van der Waals surface area contributed by atoms with Crippen LogP contribution in [0.25, 0.3) is 34.3 Å².